The molecule has 0 aromatic carbocycles. The van der Waals surface area contributed by atoms with Gasteiger partial charge >= 0.3 is 0 Å². The second-order valence-electron chi connectivity index (χ2n) is 1.07. The summed E-state index contributed by atoms with van der Waals surface area (Å²) in [6.45, 7) is 0. The molecule has 1 aliphatic heterocycles. The van der Waals surface area contributed by atoms with Crippen molar-refractivity contribution in [2.45, 2.75) is 0 Å². The number of rotatable bonds is 0. The minimum absolute atomic E-state index is 1.57. The number of nitrogens with one attached hydrogen (secondary N) is 1. The van der Waals surface area contributed by atoms with Crippen molar-refractivity contribution in [3.63, 3.8) is 0 Å². The average molecular weight is 86.1 g/mol. The first kappa shape index (κ1) is 3.49. The van der Waals surface area contributed by atoms with Crippen molar-refractivity contribution in [3.05, 3.63) is 12.4 Å². The third kappa shape index (κ3) is 0.440. The Morgan fingerprint density at radius 2 is 2.67 bits per heavy atom. The van der Waals surface area contributed by atoms with Crippen molar-refractivity contribution in [2.75, 3.05) is 7.05 Å². The SMILES string of the molecule is CN1C=CNO1. The maximum absolute atomic E-state index is 4.62. The number of hydrogen-bond donors (Lipinski definition) is 1. The van der Waals surface area contributed by atoms with Gasteiger partial charge in [0.25, 0.3) is 0 Å². The summed E-state index contributed by atoms with van der Waals surface area (Å²) in [5.41, 5.74) is 2.52. The zero-order valence-corrected chi connectivity index (χ0v) is 3.51. The molecule has 0 aromatic rings. The molecule has 0 radical (unpaired) electrons. The van der Waals surface area contributed by atoms with Crippen LogP contribution in [0.2, 0.25) is 0 Å². The van der Waals surface area contributed by atoms with Crippen LogP contribution in [0.5, 0.6) is 0 Å². The van der Waals surface area contributed by atoms with E-state index in [2.05, 4.69) is 10.4 Å². The fraction of sp³-hybridized carbons (Fsp3) is 0.333. The minimum atomic E-state index is 1.57. The highest BCUT2D eigenvalue weighted by molar-refractivity contribution is 4.74. The zero-order valence-electron chi connectivity index (χ0n) is 3.51. The Hall–Kier alpha value is -0.700. The smallest absolute Gasteiger partial charge is 0.0478 e. The van der Waals surface area contributed by atoms with Gasteiger partial charge in [-0.2, -0.15) is 4.94 Å². The molecule has 1 rings (SSSR count). The molecule has 3 nitrogen and oxygen atoms in total. The predicted octanol–water partition coefficient (Wildman–Crippen LogP) is -0.161. The predicted molar refractivity (Wildman–Crippen MR) is 21.1 cm³/mol. The zero-order chi connectivity index (χ0) is 4.41. The van der Waals surface area contributed by atoms with E-state index in [1.807, 2.05) is 0 Å². The summed E-state index contributed by atoms with van der Waals surface area (Å²) < 4.78 is 0. The van der Waals surface area contributed by atoms with Crippen LogP contribution in [-0.2, 0) is 4.94 Å². The lowest BCUT2D eigenvalue weighted by Crippen LogP contribution is -2.10. The van der Waals surface area contributed by atoms with Crippen LogP contribution in [0.1, 0.15) is 0 Å². The van der Waals surface area contributed by atoms with Crippen LogP contribution < -0.4 is 5.48 Å². The van der Waals surface area contributed by atoms with Crippen LogP contribution in [-0.4, -0.2) is 12.1 Å². The summed E-state index contributed by atoms with van der Waals surface area (Å²) in [5, 5.41) is 1.57. The van der Waals surface area contributed by atoms with Gasteiger partial charge < -0.3 is 0 Å². The maximum Gasteiger partial charge on any atom is 0.0478 e. The van der Waals surface area contributed by atoms with Crippen molar-refractivity contribution in [1.82, 2.24) is 10.5 Å². The molecule has 34 valence electrons. The molecule has 0 aromatic heterocycles. The van der Waals surface area contributed by atoms with Crippen molar-refractivity contribution >= 4 is 0 Å². The first-order chi connectivity index (χ1) is 2.89. The highest BCUT2D eigenvalue weighted by Crippen LogP contribution is 1.87. The van der Waals surface area contributed by atoms with E-state index >= 15 is 0 Å². The number of hydrogen-bond acceptors (Lipinski definition) is 3. The maximum atomic E-state index is 4.62. The van der Waals surface area contributed by atoms with Gasteiger partial charge in [0.2, 0.25) is 0 Å². The third-order valence-electron chi connectivity index (χ3n) is 0.549. The lowest BCUT2D eigenvalue weighted by atomic mass is 10.9. The standard InChI is InChI=1S/C3H6N2O/c1-5-3-2-4-6-5/h2-4H,1H3. The molecule has 6 heavy (non-hydrogen) atoms. The first-order valence-electron chi connectivity index (χ1n) is 1.71. The molecule has 0 saturated carbocycles. The van der Waals surface area contributed by atoms with Gasteiger partial charge in [-0.15, -0.1) is 0 Å². The van der Waals surface area contributed by atoms with Crippen molar-refractivity contribution in [3.8, 4) is 0 Å². The first-order valence-corrected chi connectivity index (χ1v) is 1.71. The molecule has 0 spiro atoms. The van der Waals surface area contributed by atoms with Crippen LogP contribution in [0.15, 0.2) is 12.4 Å². The fourth-order valence-electron chi connectivity index (χ4n) is 0.279. The molecule has 1 heterocycles. The van der Waals surface area contributed by atoms with Gasteiger partial charge in [-0.05, 0) is 0 Å². The summed E-state index contributed by atoms with van der Waals surface area (Å²) in [7, 11) is 1.80. The summed E-state index contributed by atoms with van der Waals surface area (Å²) in [5.74, 6) is 0. The average Bonchev–Trinajstić information content (AvgIpc) is 1.86. The quantitative estimate of drug-likeness (QED) is 0.443. The molecule has 0 amide bonds. The largest absolute Gasteiger partial charge is 0.248 e. The Kier molecular flexibility index (Phi) is 0.686. The van der Waals surface area contributed by atoms with E-state index in [4.69, 9.17) is 0 Å². The van der Waals surface area contributed by atoms with Gasteiger partial charge in [-0.1, -0.05) is 0 Å². The van der Waals surface area contributed by atoms with Crippen molar-refractivity contribution in [2.24, 2.45) is 0 Å². The van der Waals surface area contributed by atoms with Crippen LogP contribution in [0.4, 0.5) is 0 Å². The minimum Gasteiger partial charge on any atom is -0.248 e. The van der Waals surface area contributed by atoms with E-state index in [-0.39, 0.29) is 0 Å². The van der Waals surface area contributed by atoms with Gasteiger partial charge in [0.1, 0.15) is 0 Å². The Morgan fingerprint density at radius 1 is 1.83 bits per heavy atom. The van der Waals surface area contributed by atoms with Crippen LogP contribution in [0.3, 0.4) is 0 Å². The molecular weight excluding hydrogens is 80.0 g/mol. The highest BCUT2D eigenvalue weighted by atomic mass is 16.8. The second-order valence-corrected chi connectivity index (χ2v) is 1.07. The highest BCUT2D eigenvalue weighted by Gasteiger charge is 1.91. The third-order valence-corrected chi connectivity index (χ3v) is 0.549. The van der Waals surface area contributed by atoms with E-state index in [1.54, 1.807) is 24.5 Å². The molecule has 0 saturated heterocycles. The lowest BCUT2D eigenvalue weighted by Gasteiger charge is -2.01. The van der Waals surface area contributed by atoms with E-state index in [0.717, 1.165) is 0 Å². The van der Waals surface area contributed by atoms with Gasteiger partial charge in [0.15, 0.2) is 0 Å². The van der Waals surface area contributed by atoms with Crippen LogP contribution >= 0.6 is 0 Å². The molecule has 0 atom stereocenters. The number of hydroxylamine groups is 3. The summed E-state index contributed by atoms with van der Waals surface area (Å²) >= 11 is 0. The normalized spacial score (nSPS) is 18.5. The Balaban J connectivity index is 2.38. The molecule has 0 fully saturated rings. The van der Waals surface area contributed by atoms with Gasteiger partial charge in [-0.3, -0.25) is 0 Å². The second kappa shape index (κ2) is 1.18. The van der Waals surface area contributed by atoms with Crippen LogP contribution in [0.25, 0.3) is 0 Å². The summed E-state index contributed by atoms with van der Waals surface area (Å²) in [6.07, 6.45) is 3.49. The Bertz CT molecular complexity index is 71.2. The monoisotopic (exact) mass is 86.0 g/mol. The molecule has 1 N–H and O–H groups in total. The molecule has 0 aliphatic carbocycles. The van der Waals surface area contributed by atoms with Crippen LogP contribution in [0, 0.1) is 0 Å². The van der Waals surface area contributed by atoms with Gasteiger partial charge in [-0.25, -0.2) is 10.5 Å². The number of nitrogens with zero attached hydrogens (tertiary/aromatic N) is 1. The Labute approximate surface area is 36.1 Å². The van der Waals surface area contributed by atoms with Crippen molar-refractivity contribution < 1.29 is 4.94 Å². The molecule has 1 aliphatic rings. The summed E-state index contributed by atoms with van der Waals surface area (Å²) in [4.78, 5) is 4.62. The summed E-state index contributed by atoms with van der Waals surface area (Å²) in [6, 6.07) is 0. The Morgan fingerprint density at radius 3 is 2.83 bits per heavy atom. The fourth-order valence-corrected chi connectivity index (χ4v) is 0.279. The van der Waals surface area contributed by atoms with E-state index in [1.165, 1.54) is 0 Å². The molecular formula is C3H6N2O. The molecule has 0 unspecified atom stereocenters. The molecule has 3 heteroatoms. The van der Waals surface area contributed by atoms with Gasteiger partial charge in [0, 0.05) is 19.4 Å². The topological polar surface area (TPSA) is 24.5 Å². The lowest BCUT2D eigenvalue weighted by molar-refractivity contribution is -0.123. The van der Waals surface area contributed by atoms with E-state index < -0.39 is 0 Å². The van der Waals surface area contributed by atoms with Crippen molar-refractivity contribution in [1.29, 1.82) is 0 Å². The van der Waals surface area contributed by atoms with Gasteiger partial charge in [0.05, 0.1) is 0 Å². The molecule has 0 bridgehead atoms. The van der Waals surface area contributed by atoms with E-state index in [0.29, 0.717) is 0 Å². The van der Waals surface area contributed by atoms with E-state index in [9.17, 15) is 0 Å².